The number of piperazine rings is 1. The minimum Gasteiger partial charge on any atom is -0.495 e. The first kappa shape index (κ1) is 21.1. The van der Waals surface area contributed by atoms with Crippen LogP contribution in [0.3, 0.4) is 0 Å². The van der Waals surface area contributed by atoms with Gasteiger partial charge in [-0.05, 0) is 42.3 Å². The Morgan fingerprint density at radius 3 is 2.67 bits per heavy atom. The Hall–Kier alpha value is -2.13. The van der Waals surface area contributed by atoms with Gasteiger partial charge in [0.2, 0.25) is 10.0 Å². The highest BCUT2D eigenvalue weighted by atomic mass is 35.5. The summed E-state index contributed by atoms with van der Waals surface area (Å²) >= 11 is 6.03. The fraction of sp³-hybridized carbons (Fsp3) is 0.381. The lowest BCUT2D eigenvalue weighted by molar-refractivity contribution is 0.190. The number of ether oxygens (including phenoxy) is 1. The molecule has 0 radical (unpaired) electrons. The van der Waals surface area contributed by atoms with E-state index in [4.69, 9.17) is 16.3 Å². The SMILES string of the molecule is COc1ccc(Cl)cc1S(=O)(=O)N1CCN(CCc2cn(C)c3ncccc23)CC1. The molecule has 9 heteroatoms. The summed E-state index contributed by atoms with van der Waals surface area (Å²) in [6.07, 6.45) is 4.84. The van der Waals surface area contributed by atoms with Crippen LogP contribution in [0.4, 0.5) is 0 Å². The van der Waals surface area contributed by atoms with Crippen LogP contribution in [0.1, 0.15) is 5.56 Å². The van der Waals surface area contributed by atoms with E-state index in [2.05, 4.69) is 22.1 Å². The second-order valence-electron chi connectivity index (χ2n) is 7.43. The maximum absolute atomic E-state index is 13.1. The summed E-state index contributed by atoms with van der Waals surface area (Å²) in [6, 6.07) is 8.72. The van der Waals surface area contributed by atoms with E-state index in [1.165, 1.54) is 28.4 Å². The van der Waals surface area contributed by atoms with Gasteiger partial charge in [-0.3, -0.25) is 0 Å². The maximum Gasteiger partial charge on any atom is 0.246 e. The maximum atomic E-state index is 13.1. The fourth-order valence-corrected chi connectivity index (χ4v) is 5.80. The Kier molecular flexibility index (Phi) is 6.02. The quantitative estimate of drug-likeness (QED) is 0.580. The third-order valence-corrected chi connectivity index (χ3v) is 7.74. The average Bonchev–Trinajstić information content (AvgIpc) is 3.08. The van der Waals surface area contributed by atoms with Crippen molar-refractivity contribution in [3.8, 4) is 5.75 Å². The van der Waals surface area contributed by atoms with E-state index in [1.54, 1.807) is 18.3 Å². The van der Waals surface area contributed by atoms with E-state index in [0.717, 1.165) is 18.6 Å². The predicted octanol–water partition coefficient (Wildman–Crippen LogP) is 2.78. The summed E-state index contributed by atoms with van der Waals surface area (Å²) in [6.45, 7) is 3.13. The summed E-state index contributed by atoms with van der Waals surface area (Å²) in [5, 5.41) is 1.55. The zero-order valence-electron chi connectivity index (χ0n) is 17.1. The van der Waals surface area contributed by atoms with Crippen LogP contribution in [-0.4, -0.2) is 67.0 Å². The lowest BCUT2D eigenvalue weighted by Crippen LogP contribution is -2.49. The van der Waals surface area contributed by atoms with Gasteiger partial charge in [0.25, 0.3) is 0 Å². The number of pyridine rings is 1. The smallest absolute Gasteiger partial charge is 0.246 e. The van der Waals surface area contributed by atoms with Crippen molar-refractivity contribution in [3.05, 3.63) is 53.3 Å². The van der Waals surface area contributed by atoms with E-state index in [1.807, 2.05) is 17.7 Å². The standard InChI is InChI=1S/C21H25ClN4O3S/c1-24-15-16(18-4-3-8-23-21(18)24)7-9-25-10-12-26(13-11-25)30(27,28)20-14-17(22)5-6-19(20)29-2/h3-6,8,14-15H,7,9-13H2,1-2H3. The molecule has 0 N–H and O–H groups in total. The molecule has 0 amide bonds. The van der Waals surface area contributed by atoms with E-state index in [0.29, 0.717) is 37.0 Å². The molecule has 30 heavy (non-hydrogen) atoms. The van der Waals surface area contributed by atoms with Gasteiger partial charge in [0.15, 0.2) is 0 Å². The van der Waals surface area contributed by atoms with Crippen LogP contribution in [0, 0.1) is 0 Å². The third kappa shape index (κ3) is 4.05. The minimum atomic E-state index is -3.66. The van der Waals surface area contributed by atoms with Crippen molar-refractivity contribution < 1.29 is 13.2 Å². The van der Waals surface area contributed by atoms with Crippen LogP contribution in [0.15, 0.2) is 47.6 Å². The Morgan fingerprint density at radius 2 is 1.93 bits per heavy atom. The molecule has 0 unspecified atom stereocenters. The zero-order chi connectivity index (χ0) is 21.3. The Balaban J connectivity index is 1.41. The highest BCUT2D eigenvalue weighted by Crippen LogP contribution is 2.30. The number of fused-ring (bicyclic) bond motifs is 1. The topological polar surface area (TPSA) is 67.7 Å². The van der Waals surface area contributed by atoms with Crippen molar-refractivity contribution in [2.75, 3.05) is 39.8 Å². The number of sulfonamides is 1. The number of halogens is 1. The van der Waals surface area contributed by atoms with Crippen molar-refractivity contribution in [1.82, 2.24) is 18.8 Å². The molecule has 2 aromatic heterocycles. The zero-order valence-corrected chi connectivity index (χ0v) is 18.7. The molecule has 0 bridgehead atoms. The van der Waals surface area contributed by atoms with Gasteiger partial charge in [-0.15, -0.1) is 0 Å². The van der Waals surface area contributed by atoms with Gasteiger partial charge >= 0.3 is 0 Å². The van der Waals surface area contributed by atoms with Crippen LogP contribution < -0.4 is 4.74 Å². The number of rotatable bonds is 6. The van der Waals surface area contributed by atoms with Crippen molar-refractivity contribution in [2.24, 2.45) is 7.05 Å². The van der Waals surface area contributed by atoms with Gasteiger partial charge in [-0.2, -0.15) is 4.31 Å². The van der Waals surface area contributed by atoms with Crippen LogP contribution in [0.2, 0.25) is 5.02 Å². The molecule has 7 nitrogen and oxygen atoms in total. The number of methoxy groups -OCH3 is 1. The van der Waals surface area contributed by atoms with Crippen LogP contribution in [0.25, 0.3) is 11.0 Å². The van der Waals surface area contributed by atoms with Gasteiger partial charge in [0.05, 0.1) is 7.11 Å². The van der Waals surface area contributed by atoms with E-state index in [-0.39, 0.29) is 4.90 Å². The predicted molar refractivity (Wildman–Crippen MR) is 118 cm³/mol. The summed E-state index contributed by atoms with van der Waals surface area (Å²) in [5.74, 6) is 0.311. The number of aromatic nitrogens is 2. The fourth-order valence-electron chi connectivity index (χ4n) is 3.96. The van der Waals surface area contributed by atoms with Crippen LogP contribution in [-0.2, 0) is 23.5 Å². The first-order chi connectivity index (χ1) is 14.4. The molecule has 160 valence electrons. The molecule has 0 spiro atoms. The summed E-state index contributed by atoms with van der Waals surface area (Å²) in [7, 11) is -0.190. The first-order valence-electron chi connectivity index (χ1n) is 9.85. The lowest BCUT2D eigenvalue weighted by Gasteiger charge is -2.34. The summed E-state index contributed by atoms with van der Waals surface area (Å²) < 4.78 is 35.0. The number of hydrogen-bond donors (Lipinski definition) is 0. The molecular weight excluding hydrogens is 424 g/mol. The molecule has 3 heterocycles. The summed E-state index contributed by atoms with van der Waals surface area (Å²) in [4.78, 5) is 6.86. The van der Waals surface area contributed by atoms with Crippen LogP contribution >= 0.6 is 11.6 Å². The molecule has 1 aliphatic heterocycles. The monoisotopic (exact) mass is 448 g/mol. The molecular formula is C21H25ClN4O3S. The third-order valence-electron chi connectivity index (χ3n) is 5.59. The number of benzene rings is 1. The lowest BCUT2D eigenvalue weighted by atomic mass is 10.1. The van der Waals surface area contributed by atoms with Gasteiger partial charge in [-0.1, -0.05) is 11.6 Å². The molecule has 1 aromatic carbocycles. The molecule has 3 aromatic rings. The number of nitrogens with zero attached hydrogens (tertiary/aromatic N) is 4. The molecule has 0 saturated carbocycles. The summed E-state index contributed by atoms with van der Waals surface area (Å²) in [5.41, 5.74) is 2.25. The highest BCUT2D eigenvalue weighted by Gasteiger charge is 2.31. The Morgan fingerprint density at radius 1 is 1.17 bits per heavy atom. The Labute approximate surface area is 181 Å². The highest BCUT2D eigenvalue weighted by molar-refractivity contribution is 7.89. The van der Waals surface area contributed by atoms with Crippen LogP contribution in [0.5, 0.6) is 5.75 Å². The van der Waals surface area contributed by atoms with Crippen molar-refractivity contribution in [2.45, 2.75) is 11.3 Å². The molecule has 0 aliphatic carbocycles. The molecule has 1 fully saturated rings. The van der Waals surface area contributed by atoms with E-state index in [9.17, 15) is 8.42 Å². The second-order valence-corrected chi connectivity index (χ2v) is 9.77. The van der Waals surface area contributed by atoms with Crippen molar-refractivity contribution in [3.63, 3.8) is 0 Å². The number of hydrogen-bond acceptors (Lipinski definition) is 5. The average molecular weight is 449 g/mol. The first-order valence-corrected chi connectivity index (χ1v) is 11.7. The molecule has 1 saturated heterocycles. The van der Waals surface area contributed by atoms with Gasteiger partial charge in [0, 0.05) is 62.6 Å². The number of aryl methyl sites for hydroxylation is 1. The van der Waals surface area contributed by atoms with E-state index < -0.39 is 10.0 Å². The largest absolute Gasteiger partial charge is 0.495 e. The van der Waals surface area contributed by atoms with E-state index >= 15 is 0 Å². The normalized spacial score (nSPS) is 16.2. The minimum absolute atomic E-state index is 0.120. The van der Waals surface area contributed by atoms with Gasteiger partial charge < -0.3 is 14.2 Å². The van der Waals surface area contributed by atoms with Crippen molar-refractivity contribution in [1.29, 1.82) is 0 Å². The van der Waals surface area contributed by atoms with Gasteiger partial charge in [0.1, 0.15) is 16.3 Å². The molecule has 0 atom stereocenters. The van der Waals surface area contributed by atoms with Crippen molar-refractivity contribution >= 4 is 32.7 Å². The molecule has 4 rings (SSSR count). The van der Waals surface area contributed by atoms with Gasteiger partial charge in [-0.25, -0.2) is 13.4 Å². The Bertz CT molecular complexity index is 1150. The second kappa shape index (κ2) is 8.55. The molecule has 1 aliphatic rings.